The standard InChI is InChI=1S/C47H80O12S/c1-3-5-7-9-11-13-15-17-19-20-22-23-25-27-29-31-33-35-42(48)56-37-40(38-57-47-46(52)45(51)44(50)41(59-47)39-60(53,54)55)58-43(49)36-34-32-30-28-26-24-21-18-16-14-12-10-8-6-4-2/h12,14,17-19,21-23,27,29,40-41,44-47,50-52H,3-11,13,15-16,20,24-26,28,30-39H2,1-2H3,(H,53,54,55)/b14-12+,19-17+,21-18+,23-22+,29-27+/t40-,41-,44-,45?,46?,47+/m1/s1. The van der Waals surface area contributed by atoms with E-state index in [4.69, 9.17) is 18.9 Å². The Labute approximate surface area is 362 Å². The summed E-state index contributed by atoms with van der Waals surface area (Å²) in [5, 5.41) is 30.9. The van der Waals surface area contributed by atoms with Gasteiger partial charge in [0.1, 0.15) is 36.8 Å². The fourth-order valence-electron chi connectivity index (χ4n) is 6.49. The molecule has 1 saturated heterocycles. The first-order valence-electron chi connectivity index (χ1n) is 22.8. The number of esters is 2. The second-order valence-electron chi connectivity index (χ2n) is 15.7. The Kier molecular flexibility index (Phi) is 34.1. The van der Waals surface area contributed by atoms with E-state index < -0.39 is 71.2 Å². The smallest absolute Gasteiger partial charge is 0.306 e. The summed E-state index contributed by atoms with van der Waals surface area (Å²) in [4.78, 5) is 25.4. The number of aliphatic hydroxyl groups excluding tert-OH is 3. The van der Waals surface area contributed by atoms with Crippen molar-refractivity contribution in [3.63, 3.8) is 0 Å². The van der Waals surface area contributed by atoms with E-state index in [9.17, 15) is 37.9 Å². The van der Waals surface area contributed by atoms with Crippen molar-refractivity contribution in [3.8, 4) is 0 Å². The lowest BCUT2D eigenvalue weighted by molar-refractivity contribution is -0.297. The third-order valence-corrected chi connectivity index (χ3v) is 10.8. The van der Waals surface area contributed by atoms with Gasteiger partial charge in [-0.3, -0.25) is 14.1 Å². The molecule has 2 unspecified atom stereocenters. The predicted molar refractivity (Wildman–Crippen MR) is 238 cm³/mol. The van der Waals surface area contributed by atoms with Crippen LogP contribution >= 0.6 is 0 Å². The molecule has 346 valence electrons. The van der Waals surface area contributed by atoms with Gasteiger partial charge in [-0.15, -0.1) is 0 Å². The van der Waals surface area contributed by atoms with Crippen molar-refractivity contribution < 1.29 is 56.8 Å². The zero-order valence-electron chi connectivity index (χ0n) is 36.8. The maximum atomic E-state index is 12.8. The second kappa shape index (κ2) is 37.0. The van der Waals surface area contributed by atoms with Crippen LogP contribution in [0.2, 0.25) is 0 Å². The van der Waals surface area contributed by atoms with Gasteiger partial charge in [0.15, 0.2) is 12.4 Å². The van der Waals surface area contributed by atoms with Gasteiger partial charge in [0.2, 0.25) is 0 Å². The Balaban J connectivity index is 2.50. The predicted octanol–water partition coefficient (Wildman–Crippen LogP) is 9.34. The highest BCUT2D eigenvalue weighted by Crippen LogP contribution is 2.24. The molecular weight excluding hydrogens is 789 g/mol. The molecule has 0 bridgehead atoms. The van der Waals surface area contributed by atoms with Crippen molar-refractivity contribution in [2.24, 2.45) is 0 Å². The minimum absolute atomic E-state index is 0.135. The lowest BCUT2D eigenvalue weighted by Gasteiger charge is -2.40. The largest absolute Gasteiger partial charge is 0.462 e. The van der Waals surface area contributed by atoms with E-state index in [0.29, 0.717) is 19.3 Å². The number of hydrogen-bond acceptors (Lipinski definition) is 11. The molecule has 1 fully saturated rings. The van der Waals surface area contributed by atoms with Crippen LogP contribution in [0.4, 0.5) is 0 Å². The minimum Gasteiger partial charge on any atom is -0.462 e. The number of carbonyl (C=O) groups excluding carboxylic acids is 2. The molecule has 0 aliphatic carbocycles. The molecule has 6 atom stereocenters. The molecule has 1 heterocycles. The van der Waals surface area contributed by atoms with Gasteiger partial charge in [-0.05, 0) is 77.0 Å². The Morgan fingerprint density at radius 2 is 1.02 bits per heavy atom. The van der Waals surface area contributed by atoms with Gasteiger partial charge >= 0.3 is 11.9 Å². The van der Waals surface area contributed by atoms with Crippen LogP contribution in [0.25, 0.3) is 0 Å². The molecule has 1 aliphatic rings. The Morgan fingerprint density at radius 1 is 0.567 bits per heavy atom. The van der Waals surface area contributed by atoms with Crippen molar-refractivity contribution in [2.45, 2.75) is 205 Å². The molecular formula is C47H80O12S. The van der Waals surface area contributed by atoms with Crippen LogP contribution in [0, 0.1) is 0 Å². The van der Waals surface area contributed by atoms with Gasteiger partial charge in [0, 0.05) is 12.8 Å². The summed E-state index contributed by atoms with van der Waals surface area (Å²) in [6.45, 7) is 3.66. The van der Waals surface area contributed by atoms with E-state index in [0.717, 1.165) is 64.2 Å². The molecule has 0 spiro atoms. The first-order chi connectivity index (χ1) is 29.0. The Hall–Kier alpha value is -2.65. The number of rotatable bonds is 37. The third-order valence-electron chi connectivity index (χ3n) is 10.1. The van der Waals surface area contributed by atoms with Gasteiger partial charge in [-0.1, -0.05) is 139 Å². The van der Waals surface area contributed by atoms with Crippen molar-refractivity contribution in [2.75, 3.05) is 19.0 Å². The molecule has 0 aromatic heterocycles. The highest BCUT2D eigenvalue weighted by molar-refractivity contribution is 7.85. The van der Waals surface area contributed by atoms with Crippen molar-refractivity contribution in [1.29, 1.82) is 0 Å². The fraction of sp³-hybridized carbons (Fsp3) is 0.745. The number of allylic oxidation sites excluding steroid dienone is 10. The summed E-state index contributed by atoms with van der Waals surface area (Å²) in [5.41, 5.74) is 0. The first-order valence-corrected chi connectivity index (χ1v) is 24.5. The van der Waals surface area contributed by atoms with E-state index in [-0.39, 0.29) is 19.4 Å². The number of ether oxygens (including phenoxy) is 4. The molecule has 1 rings (SSSR count). The van der Waals surface area contributed by atoms with Crippen LogP contribution in [0.5, 0.6) is 0 Å². The molecule has 0 saturated carbocycles. The van der Waals surface area contributed by atoms with E-state index in [1.807, 2.05) is 6.08 Å². The molecule has 60 heavy (non-hydrogen) atoms. The van der Waals surface area contributed by atoms with Crippen LogP contribution in [0.3, 0.4) is 0 Å². The summed E-state index contributed by atoms with van der Waals surface area (Å²) < 4.78 is 54.0. The van der Waals surface area contributed by atoms with Crippen molar-refractivity contribution >= 4 is 22.1 Å². The summed E-state index contributed by atoms with van der Waals surface area (Å²) >= 11 is 0. The minimum atomic E-state index is -4.61. The van der Waals surface area contributed by atoms with Crippen LogP contribution in [-0.2, 0) is 38.7 Å². The number of hydrogen-bond donors (Lipinski definition) is 4. The van der Waals surface area contributed by atoms with Gasteiger partial charge in [0.25, 0.3) is 10.1 Å². The average molecular weight is 869 g/mol. The van der Waals surface area contributed by atoms with E-state index in [2.05, 4.69) is 68.5 Å². The van der Waals surface area contributed by atoms with Crippen molar-refractivity contribution in [1.82, 2.24) is 0 Å². The average Bonchev–Trinajstić information content (AvgIpc) is 3.21. The summed E-state index contributed by atoms with van der Waals surface area (Å²) in [6, 6.07) is 0. The summed E-state index contributed by atoms with van der Waals surface area (Å²) in [6.07, 6.45) is 35.5. The topological polar surface area (TPSA) is 186 Å². The Bertz CT molecular complexity index is 1340. The first kappa shape index (κ1) is 55.4. The highest BCUT2D eigenvalue weighted by Gasteiger charge is 2.46. The molecule has 0 radical (unpaired) electrons. The molecule has 13 heteroatoms. The third kappa shape index (κ3) is 31.2. The zero-order chi connectivity index (χ0) is 44.1. The van der Waals surface area contributed by atoms with Crippen LogP contribution < -0.4 is 0 Å². The maximum Gasteiger partial charge on any atom is 0.306 e. The van der Waals surface area contributed by atoms with Crippen LogP contribution in [-0.4, -0.2) is 96.0 Å². The van der Waals surface area contributed by atoms with E-state index in [1.54, 1.807) is 0 Å². The summed E-state index contributed by atoms with van der Waals surface area (Å²) in [5.74, 6) is -2.07. The maximum absolute atomic E-state index is 12.8. The molecule has 1 aliphatic heterocycles. The van der Waals surface area contributed by atoms with Gasteiger partial charge in [-0.2, -0.15) is 8.42 Å². The molecule has 12 nitrogen and oxygen atoms in total. The zero-order valence-corrected chi connectivity index (χ0v) is 37.6. The molecule has 0 aromatic rings. The number of aliphatic hydroxyl groups is 3. The molecule has 0 amide bonds. The lowest BCUT2D eigenvalue weighted by Crippen LogP contribution is -2.60. The Morgan fingerprint density at radius 3 is 1.57 bits per heavy atom. The van der Waals surface area contributed by atoms with Crippen molar-refractivity contribution in [3.05, 3.63) is 60.8 Å². The monoisotopic (exact) mass is 869 g/mol. The quantitative estimate of drug-likeness (QED) is 0.0201. The summed E-state index contributed by atoms with van der Waals surface area (Å²) in [7, 11) is -4.61. The second-order valence-corrected chi connectivity index (χ2v) is 17.2. The van der Waals surface area contributed by atoms with E-state index in [1.165, 1.54) is 57.8 Å². The molecule has 4 N–H and O–H groups in total. The lowest BCUT2D eigenvalue weighted by atomic mass is 10.00. The fourth-order valence-corrected chi connectivity index (χ4v) is 7.18. The normalized spacial score (nSPS) is 20.7. The highest BCUT2D eigenvalue weighted by atomic mass is 32.2. The molecule has 0 aromatic carbocycles. The van der Waals surface area contributed by atoms with E-state index >= 15 is 0 Å². The van der Waals surface area contributed by atoms with Gasteiger partial charge < -0.3 is 34.3 Å². The number of carbonyl (C=O) groups is 2. The van der Waals surface area contributed by atoms with Crippen LogP contribution in [0.15, 0.2) is 60.8 Å². The van der Waals surface area contributed by atoms with Crippen LogP contribution in [0.1, 0.15) is 168 Å². The van der Waals surface area contributed by atoms with Gasteiger partial charge in [-0.25, -0.2) is 0 Å². The number of unbranched alkanes of at least 4 members (excludes halogenated alkanes) is 15. The SMILES string of the molecule is CCCCC/C=C/C/C=C/CCCCCCCC(=O)O[C@H](COC(=O)CCC/C=C/C/C=C/C/C=C/CCCCCCCC)CO[C@H]1O[C@H](CS(=O)(=O)O)[C@@H](O)C(O)C1O. The van der Waals surface area contributed by atoms with Gasteiger partial charge in [0.05, 0.1) is 6.61 Å².